The Labute approximate surface area is 191 Å². The Hall–Kier alpha value is -3.22. The normalized spacial score (nSPS) is 15.3. The molecule has 1 amide bonds. The van der Waals surface area contributed by atoms with Crippen molar-refractivity contribution in [2.75, 3.05) is 32.3 Å². The number of aliphatic hydroxyl groups excluding tert-OH is 1. The second-order valence-corrected chi connectivity index (χ2v) is 7.80. The maximum atomic E-state index is 13.4. The number of anilines is 1. The third kappa shape index (κ3) is 4.24. The van der Waals surface area contributed by atoms with Crippen molar-refractivity contribution in [3.63, 3.8) is 0 Å². The van der Waals surface area contributed by atoms with E-state index in [9.17, 15) is 4.79 Å². The molecule has 3 aromatic rings. The van der Waals surface area contributed by atoms with Crippen LogP contribution < -0.4 is 19.1 Å². The molecule has 1 N–H and O–H groups in total. The first-order valence-corrected chi connectivity index (χ1v) is 10.6. The highest BCUT2D eigenvalue weighted by Crippen LogP contribution is 2.43. The number of amides is 1. The Morgan fingerprint density at radius 2 is 1.72 bits per heavy atom. The van der Waals surface area contributed by atoms with Crippen LogP contribution in [0.1, 0.15) is 22.7 Å². The van der Waals surface area contributed by atoms with E-state index in [2.05, 4.69) is 0 Å². The van der Waals surface area contributed by atoms with Gasteiger partial charge in [0.15, 0.2) is 11.5 Å². The molecule has 7 heteroatoms. The first kappa shape index (κ1) is 22.0. The Balaban J connectivity index is 1.87. The summed E-state index contributed by atoms with van der Waals surface area (Å²) in [5.74, 6) is 1.72. The molecule has 4 rings (SSSR count). The summed E-state index contributed by atoms with van der Waals surface area (Å²) in [5.41, 5.74) is 3.48. The molecule has 1 aliphatic rings. The van der Waals surface area contributed by atoms with Crippen molar-refractivity contribution in [3.05, 3.63) is 82.4 Å². The van der Waals surface area contributed by atoms with Gasteiger partial charge in [-0.05, 0) is 65.2 Å². The van der Waals surface area contributed by atoms with Crippen LogP contribution in [0.15, 0.2) is 60.7 Å². The van der Waals surface area contributed by atoms with E-state index in [1.807, 2.05) is 60.7 Å². The number of nitrogens with zero attached hydrogens (tertiary/aromatic N) is 1. The minimum absolute atomic E-state index is 0.0408. The van der Waals surface area contributed by atoms with Gasteiger partial charge >= 0.3 is 0 Å². The van der Waals surface area contributed by atoms with Gasteiger partial charge in [0.25, 0.3) is 0 Å². The lowest BCUT2D eigenvalue weighted by Gasteiger charge is -2.38. The van der Waals surface area contributed by atoms with E-state index in [1.165, 1.54) is 0 Å². The molecule has 32 heavy (non-hydrogen) atoms. The average molecular weight is 454 g/mol. The Kier molecular flexibility index (Phi) is 6.53. The second-order valence-electron chi connectivity index (χ2n) is 7.37. The maximum Gasteiger partial charge on any atom is 0.232 e. The monoisotopic (exact) mass is 453 g/mol. The molecule has 1 aliphatic heterocycles. The highest BCUT2D eigenvalue weighted by atomic mass is 35.5. The van der Waals surface area contributed by atoms with E-state index in [0.717, 1.165) is 22.4 Å². The molecule has 3 aromatic carbocycles. The molecule has 0 bridgehead atoms. The molecular formula is C25H24ClNO5. The van der Waals surface area contributed by atoms with E-state index in [1.54, 1.807) is 19.1 Å². The topological polar surface area (TPSA) is 68.2 Å². The van der Waals surface area contributed by atoms with Gasteiger partial charge in [-0.1, -0.05) is 23.7 Å². The number of aliphatic hydroxyl groups is 1. The molecule has 6 nitrogen and oxygen atoms in total. The standard InChI is InChI=1S/C25H24ClNO5/c1-30-20-9-7-19(8-10-20)27-24(29)14-17-13-23(32-12-11-28)22(31-2)15-21(17)25(27)16-3-5-18(26)6-4-16/h3-10,13,15,25,28H,11-12,14H2,1-2H3. The molecule has 1 unspecified atom stereocenters. The Bertz CT molecular complexity index is 1100. The summed E-state index contributed by atoms with van der Waals surface area (Å²) in [6, 6.07) is 18.3. The fraction of sp³-hybridized carbons (Fsp3) is 0.240. The van der Waals surface area contributed by atoms with Crippen molar-refractivity contribution in [3.8, 4) is 17.2 Å². The van der Waals surface area contributed by atoms with Crippen molar-refractivity contribution in [2.24, 2.45) is 0 Å². The van der Waals surface area contributed by atoms with E-state index in [-0.39, 0.29) is 31.6 Å². The summed E-state index contributed by atoms with van der Waals surface area (Å²) < 4.78 is 16.5. The van der Waals surface area contributed by atoms with Crippen molar-refractivity contribution in [1.29, 1.82) is 0 Å². The van der Waals surface area contributed by atoms with Crippen LogP contribution in [0.25, 0.3) is 0 Å². The Morgan fingerprint density at radius 1 is 1.00 bits per heavy atom. The summed E-state index contributed by atoms with van der Waals surface area (Å²) in [4.78, 5) is 15.2. The van der Waals surface area contributed by atoms with Gasteiger partial charge < -0.3 is 24.2 Å². The molecule has 0 saturated carbocycles. The van der Waals surface area contributed by atoms with E-state index in [4.69, 9.17) is 30.9 Å². The van der Waals surface area contributed by atoms with Crippen LogP contribution in [0, 0.1) is 0 Å². The fourth-order valence-corrected chi connectivity index (χ4v) is 4.12. The maximum absolute atomic E-state index is 13.4. The van der Waals surface area contributed by atoms with Crippen molar-refractivity contribution < 1.29 is 24.1 Å². The minimum Gasteiger partial charge on any atom is -0.497 e. The third-order valence-electron chi connectivity index (χ3n) is 5.47. The highest BCUT2D eigenvalue weighted by molar-refractivity contribution is 6.30. The summed E-state index contributed by atoms with van der Waals surface area (Å²) in [6.45, 7) is 0.0273. The summed E-state index contributed by atoms with van der Waals surface area (Å²) >= 11 is 6.13. The lowest BCUT2D eigenvalue weighted by molar-refractivity contribution is -0.118. The third-order valence-corrected chi connectivity index (χ3v) is 5.73. The summed E-state index contributed by atoms with van der Waals surface area (Å²) in [5, 5.41) is 9.76. The van der Waals surface area contributed by atoms with Gasteiger partial charge in [-0.25, -0.2) is 0 Å². The largest absolute Gasteiger partial charge is 0.497 e. The molecular weight excluding hydrogens is 430 g/mol. The van der Waals surface area contributed by atoms with Gasteiger partial charge in [-0.3, -0.25) is 4.79 Å². The minimum atomic E-state index is -0.377. The lowest BCUT2D eigenvalue weighted by atomic mass is 9.87. The zero-order valence-electron chi connectivity index (χ0n) is 17.9. The zero-order chi connectivity index (χ0) is 22.7. The second kappa shape index (κ2) is 9.51. The van der Waals surface area contributed by atoms with Crippen LogP contribution in [0.5, 0.6) is 17.2 Å². The van der Waals surface area contributed by atoms with Crippen LogP contribution in [-0.2, 0) is 11.2 Å². The predicted molar refractivity (Wildman–Crippen MR) is 123 cm³/mol. The van der Waals surface area contributed by atoms with Gasteiger partial charge in [0, 0.05) is 10.7 Å². The fourth-order valence-electron chi connectivity index (χ4n) is 3.99. The van der Waals surface area contributed by atoms with Crippen molar-refractivity contribution >= 4 is 23.2 Å². The highest BCUT2D eigenvalue weighted by Gasteiger charge is 2.36. The summed E-state index contributed by atoms with van der Waals surface area (Å²) in [7, 11) is 3.18. The number of hydrogen-bond donors (Lipinski definition) is 1. The first-order valence-electron chi connectivity index (χ1n) is 10.2. The number of carbonyl (C=O) groups is 1. The molecule has 1 atom stereocenters. The van der Waals surface area contributed by atoms with Gasteiger partial charge in [-0.15, -0.1) is 0 Å². The van der Waals surface area contributed by atoms with Crippen LogP contribution in [0.3, 0.4) is 0 Å². The molecule has 0 spiro atoms. The molecule has 0 aromatic heterocycles. The number of ether oxygens (including phenoxy) is 3. The van der Waals surface area contributed by atoms with E-state index in [0.29, 0.717) is 22.3 Å². The Morgan fingerprint density at radius 3 is 2.34 bits per heavy atom. The van der Waals surface area contributed by atoms with E-state index >= 15 is 0 Å². The smallest absolute Gasteiger partial charge is 0.232 e. The molecule has 0 radical (unpaired) electrons. The number of rotatable bonds is 7. The molecule has 166 valence electrons. The van der Waals surface area contributed by atoms with Crippen molar-refractivity contribution in [1.82, 2.24) is 0 Å². The number of benzene rings is 3. The number of halogens is 1. The molecule has 1 heterocycles. The number of carbonyl (C=O) groups excluding carboxylic acids is 1. The van der Waals surface area contributed by atoms with Gasteiger partial charge in [0.2, 0.25) is 5.91 Å². The first-order chi connectivity index (χ1) is 15.5. The van der Waals surface area contributed by atoms with E-state index < -0.39 is 0 Å². The van der Waals surface area contributed by atoms with Crippen LogP contribution in [0.2, 0.25) is 5.02 Å². The number of methoxy groups -OCH3 is 2. The lowest BCUT2D eigenvalue weighted by Crippen LogP contribution is -2.41. The van der Waals surface area contributed by atoms with Gasteiger partial charge in [-0.2, -0.15) is 0 Å². The van der Waals surface area contributed by atoms with Crippen LogP contribution >= 0.6 is 11.6 Å². The van der Waals surface area contributed by atoms with Crippen LogP contribution in [-0.4, -0.2) is 38.4 Å². The predicted octanol–water partition coefficient (Wildman–Crippen LogP) is 4.41. The zero-order valence-corrected chi connectivity index (χ0v) is 18.6. The van der Waals surface area contributed by atoms with Gasteiger partial charge in [0.1, 0.15) is 12.4 Å². The molecule has 0 fully saturated rings. The van der Waals surface area contributed by atoms with Crippen molar-refractivity contribution in [2.45, 2.75) is 12.5 Å². The van der Waals surface area contributed by atoms with Gasteiger partial charge in [0.05, 0.1) is 33.3 Å². The molecule has 0 saturated heterocycles. The quantitative estimate of drug-likeness (QED) is 0.574. The number of hydrogen-bond acceptors (Lipinski definition) is 5. The molecule has 0 aliphatic carbocycles. The number of fused-ring (bicyclic) bond motifs is 1. The SMILES string of the molecule is COc1ccc(N2C(=O)Cc3cc(OCCO)c(OC)cc3C2c2ccc(Cl)cc2)cc1. The van der Waals surface area contributed by atoms with Crippen LogP contribution in [0.4, 0.5) is 5.69 Å². The average Bonchev–Trinajstić information content (AvgIpc) is 2.82. The summed E-state index contributed by atoms with van der Waals surface area (Å²) in [6.07, 6.45) is 0.213.